The highest BCUT2D eigenvalue weighted by Crippen LogP contribution is 2.38. The van der Waals surface area contributed by atoms with Gasteiger partial charge in [0.15, 0.2) is 0 Å². The van der Waals surface area contributed by atoms with Crippen molar-refractivity contribution < 1.29 is 29.9 Å². The number of ether oxygens (including phenoxy) is 2. The first-order valence-corrected chi connectivity index (χ1v) is 14.4. The van der Waals surface area contributed by atoms with Gasteiger partial charge in [-0.25, -0.2) is 0 Å². The van der Waals surface area contributed by atoms with Crippen molar-refractivity contribution in [2.45, 2.75) is 0 Å². The number of phenolic OH excluding ortho intramolecular Hbond substituents is 4. The van der Waals surface area contributed by atoms with E-state index in [4.69, 9.17) is 9.47 Å². The van der Waals surface area contributed by atoms with Crippen molar-refractivity contribution in [3.63, 3.8) is 0 Å². The van der Waals surface area contributed by atoms with Gasteiger partial charge in [-0.15, -0.1) is 0 Å². The molecule has 10 nitrogen and oxygen atoms in total. The summed E-state index contributed by atoms with van der Waals surface area (Å²) >= 11 is 6.77. The van der Waals surface area contributed by atoms with Crippen molar-refractivity contribution in [3.05, 3.63) is 115 Å². The molecule has 0 saturated heterocycles. The SMILES string of the molecule is COc1cc(O)c2c(=O)n(-c3ccc(O)cc3)ccc2c1Br.COc1cc(O)c2c(=O)n(-c3ccc(O)cc3)ccc2c1Br. The second-order valence-corrected chi connectivity index (χ2v) is 11.0. The van der Waals surface area contributed by atoms with Gasteiger partial charge >= 0.3 is 0 Å². The molecule has 0 bridgehead atoms. The summed E-state index contributed by atoms with van der Waals surface area (Å²) in [6.07, 6.45) is 3.22. The van der Waals surface area contributed by atoms with E-state index in [-0.39, 0.29) is 44.9 Å². The Kier molecular flexibility index (Phi) is 8.56. The maximum Gasteiger partial charge on any atom is 0.266 e. The fourth-order valence-electron chi connectivity index (χ4n) is 4.65. The summed E-state index contributed by atoms with van der Waals surface area (Å²) < 4.78 is 14.3. The minimum Gasteiger partial charge on any atom is -0.508 e. The Morgan fingerprint density at radius 3 is 1.23 bits per heavy atom. The van der Waals surface area contributed by atoms with E-state index < -0.39 is 0 Å². The fourth-order valence-corrected chi connectivity index (χ4v) is 5.86. The number of hydrogen-bond donors (Lipinski definition) is 4. The Bertz CT molecular complexity index is 1990. The second-order valence-electron chi connectivity index (χ2n) is 9.42. The predicted octanol–water partition coefficient (Wildman–Crippen LogP) is 6.35. The van der Waals surface area contributed by atoms with Crippen LogP contribution < -0.4 is 20.6 Å². The molecular formula is C32H24Br2N2O8. The van der Waals surface area contributed by atoms with Crippen LogP contribution in [0.15, 0.2) is 104 Å². The van der Waals surface area contributed by atoms with Gasteiger partial charge in [0.25, 0.3) is 11.1 Å². The first kappa shape index (κ1) is 30.5. The summed E-state index contributed by atoms with van der Waals surface area (Å²) in [5.41, 5.74) is 0.472. The first-order valence-electron chi connectivity index (χ1n) is 12.9. The molecule has 0 radical (unpaired) electrons. The van der Waals surface area contributed by atoms with Crippen LogP contribution >= 0.6 is 31.9 Å². The molecule has 6 rings (SSSR count). The number of benzene rings is 4. The van der Waals surface area contributed by atoms with Crippen molar-refractivity contribution in [1.29, 1.82) is 0 Å². The molecule has 44 heavy (non-hydrogen) atoms. The van der Waals surface area contributed by atoms with Gasteiger partial charge in [0.05, 0.1) is 33.9 Å². The number of fused-ring (bicyclic) bond motifs is 2. The van der Waals surface area contributed by atoms with Crippen LogP contribution in [0.3, 0.4) is 0 Å². The van der Waals surface area contributed by atoms with Crippen molar-refractivity contribution in [2.24, 2.45) is 0 Å². The average Bonchev–Trinajstić information content (AvgIpc) is 3.02. The molecule has 0 fully saturated rings. The Morgan fingerprint density at radius 2 is 0.909 bits per heavy atom. The van der Waals surface area contributed by atoms with Gasteiger partial charge in [-0.1, -0.05) is 0 Å². The summed E-state index contributed by atoms with van der Waals surface area (Å²) in [5, 5.41) is 40.5. The lowest BCUT2D eigenvalue weighted by Crippen LogP contribution is -2.17. The molecule has 224 valence electrons. The van der Waals surface area contributed by atoms with Crippen molar-refractivity contribution >= 4 is 53.4 Å². The minimum absolute atomic E-state index is 0.118. The third-order valence-corrected chi connectivity index (χ3v) is 8.47. The molecule has 0 atom stereocenters. The van der Waals surface area contributed by atoms with E-state index in [1.807, 2.05) is 0 Å². The van der Waals surface area contributed by atoms with E-state index in [0.29, 0.717) is 42.6 Å². The molecule has 4 aromatic carbocycles. The van der Waals surface area contributed by atoms with Gasteiger partial charge in [-0.05, 0) is 92.5 Å². The molecule has 0 aliphatic carbocycles. The van der Waals surface area contributed by atoms with Crippen LogP contribution in [0.4, 0.5) is 0 Å². The molecule has 0 unspecified atom stereocenters. The zero-order chi connectivity index (χ0) is 31.7. The minimum atomic E-state index is -0.357. The molecule has 12 heteroatoms. The Balaban J connectivity index is 0.000000175. The standard InChI is InChI=1S/2C16H12BrNO4/c2*1-22-13-8-12(20)14-11(15(13)17)6-7-18(16(14)21)9-2-4-10(19)5-3-9/h2*2-8,19-20H,1H3. The van der Waals surface area contributed by atoms with Crippen LogP contribution in [0.2, 0.25) is 0 Å². The van der Waals surface area contributed by atoms with Gasteiger partial charge in [0, 0.05) is 46.7 Å². The summed E-state index contributed by atoms with van der Waals surface area (Å²) in [6, 6.07) is 18.7. The lowest BCUT2D eigenvalue weighted by Gasteiger charge is -2.11. The molecule has 6 aromatic rings. The van der Waals surface area contributed by atoms with E-state index in [1.54, 1.807) is 48.8 Å². The van der Waals surface area contributed by atoms with Crippen molar-refractivity contribution in [2.75, 3.05) is 14.2 Å². The summed E-state index contributed by atoms with van der Waals surface area (Å²) in [7, 11) is 2.98. The Labute approximate surface area is 266 Å². The molecule has 4 N–H and O–H groups in total. The maximum absolute atomic E-state index is 12.7. The van der Waals surface area contributed by atoms with Crippen LogP contribution in [0.25, 0.3) is 32.9 Å². The van der Waals surface area contributed by atoms with Gasteiger partial charge in [-0.3, -0.25) is 18.7 Å². The first-order chi connectivity index (χ1) is 21.0. The topological polar surface area (TPSA) is 143 Å². The normalized spacial score (nSPS) is 10.8. The van der Waals surface area contributed by atoms with E-state index in [9.17, 15) is 30.0 Å². The average molecular weight is 724 g/mol. The van der Waals surface area contributed by atoms with E-state index in [2.05, 4.69) is 31.9 Å². The number of aromatic hydroxyl groups is 4. The van der Waals surface area contributed by atoms with Gasteiger partial charge in [0.2, 0.25) is 0 Å². The molecule has 0 amide bonds. The summed E-state index contributed by atoms with van der Waals surface area (Å²) in [4.78, 5) is 25.3. The largest absolute Gasteiger partial charge is 0.508 e. The third-order valence-electron chi connectivity index (χ3n) is 6.83. The molecule has 2 heterocycles. The monoisotopic (exact) mass is 722 g/mol. The molecule has 2 aromatic heterocycles. The van der Waals surface area contributed by atoms with Gasteiger partial charge < -0.3 is 29.9 Å². The number of aromatic nitrogens is 2. The molecule has 0 aliphatic heterocycles. The zero-order valence-electron chi connectivity index (χ0n) is 23.2. The predicted molar refractivity (Wildman–Crippen MR) is 174 cm³/mol. The summed E-state index contributed by atoms with van der Waals surface area (Å²) in [5.74, 6) is 0.848. The number of methoxy groups -OCH3 is 2. The lowest BCUT2D eigenvalue weighted by molar-refractivity contribution is 0.406. The van der Waals surface area contributed by atoms with E-state index in [0.717, 1.165) is 0 Å². The van der Waals surface area contributed by atoms with Gasteiger partial charge in [-0.2, -0.15) is 0 Å². The van der Waals surface area contributed by atoms with Gasteiger partial charge in [0.1, 0.15) is 34.5 Å². The zero-order valence-corrected chi connectivity index (χ0v) is 26.3. The number of pyridine rings is 2. The second kappa shape index (κ2) is 12.3. The number of rotatable bonds is 4. The number of hydrogen-bond acceptors (Lipinski definition) is 8. The van der Waals surface area contributed by atoms with E-state index >= 15 is 0 Å². The smallest absolute Gasteiger partial charge is 0.266 e. The number of halogens is 2. The number of phenols is 4. The van der Waals surface area contributed by atoms with Crippen LogP contribution in [0, 0.1) is 0 Å². The quantitative estimate of drug-likeness (QED) is 0.165. The van der Waals surface area contributed by atoms with E-state index in [1.165, 1.54) is 59.8 Å². The fraction of sp³-hybridized carbons (Fsp3) is 0.0625. The Hall–Kier alpha value is -4.94. The van der Waals surface area contributed by atoms with Crippen molar-refractivity contribution in [3.8, 4) is 45.9 Å². The highest BCUT2D eigenvalue weighted by atomic mass is 79.9. The highest BCUT2D eigenvalue weighted by Gasteiger charge is 2.17. The maximum atomic E-state index is 12.7. The van der Waals surface area contributed by atoms with Crippen LogP contribution in [-0.2, 0) is 0 Å². The molecule has 0 spiro atoms. The number of nitrogens with zero attached hydrogens (tertiary/aromatic N) is 2. The molecular weight excluding hydrogens is 700 g/mol. The lowest BCUT2D eigenvalue weighted by atomic mass is 10.1. The Morgan fingerprint density at radius 1 is 0.568 bits per heavy atom. The molecule has 0 aliphatic rings. The molecule has 0 saturated carbocycles. The highest BCUT2D eigenvalue weighted by molar-refractivity contribution is 9.11. The van der Waals surface area contributed by atoms with Crippen LogP contribution in [0.5, 0.6) is 34.5 Å². The third kappa shape index (κ3) is 5.56. The summed E-state index contributed by atoms with van der Waals surface area (Å²) in [6.45, 7) is 0. The van der Waals surface area contributed by atoms with Crippen molar-refractivity contribution in [1.82, 2.24) is 9.13 Å². The van der Waals surface area contributed by atoms with Crippen LogP contribution in [0.1, 0.15) is 0 Å². The van der Waals surface area contributed by atoms with Crippen LogP contribution in [-0.4, -0.2) is 43.8 Å².